The Morgan fingerprint density at radius 3 is 3.18 bits per heavy atom. The van der Waals surface area contributed by atoms with E-state index in [9.17, 15) is 4.79 Å². The van der Waals surface area contributed by atoms with Crippen LogP contribution in [0.4, 0.5) is 0 Å². The number of aromatic amines is 1. The fourth-order valence-corrected chi connectivity index (χ4v) is 2.12. The molecule has 0 fully saturated rings. The molecule has 2 aromatic rings. The molecule has 0 saturated carbocycles. The van der Waals surface area contributed by atoms with Crippen LogP contribution in [0.15, 0.2) is 29.1 Å². The van der Waals surface area contributed by atoms with Gasteiger partial charge in [0, 0.05) is 12.1 Å². The number of nitrogens with zero attached hydrogens (tertiary/aromatic N) is 1. The molecule has 2 atom stereocenters. The summed E-state index contributed by atoms with van der Waals surface area (Å²) in [6.45, 7) is 0. The zero-order valence-corrected chi connectivity index (χ0v) is 8.88. The van der Waals surface area contributed by atoms with Crippen LogP contribution in [0, 0.1) is 0 Å². The van der Waals surface area contributed by atoms with Crippen molar-refractivity contribution >= 4 is 5.97 Å². The van der Waals surface area contributed by atoms with Crippen LogP contribution in [-0.2, 0) is 11.2 Å². The van der Waals surface area contributed by atoms with Gasteiger partial charge in [0.2, 0.25) is 0 Å². The maximum atomic E-state index is 11.1. The molecule has 17 heavy (non-hydrogen) atoms. The quantitative estimate of drug-likeness (QED) is 0.710. The van der Waals surface area contributed by atoms with E-state index < -0.39 is 12.0 Å². The molecule has 0 spiro atoms. The Morgan fingerprint density at radius 1 is 1.59 bits per heavy atom. The van der Waals surface area contributed by atoms with Crippen LogP contribution in [0.5, 0.6) is 0 Å². The highest BCUT2D eigenvalue weighted by Gasteiger charge is 2.34. The number of carboxylic acid groups (broad SMARTS) is 1. The molecular formula is C11H11N3O3. The first-order valence-corrected chi connectivity index (χ1v) is 5.30. The fourth-order valence-electron chi connectivity index (χ4n) is 2.12. The summed E-state index contributed by atoms with van der Waals surface area (Å²) in [5, 5.41) is 12.1. The lowest BCUT2D eigenvalue weighted by atomic mass is 9.98. The smallest absolute Gasteiger partial charge is 0.321 e. The third-order valence-electron chi connectivity index (χ3n) is 2.93. The fraction of sp³-hybridized carbons (Fsp3) is 0.273. The normalized spacial score (nSPS) is 23.3. The van der Waals surface area contributed by atoms with Gasteiger partial charge in [-0.25, -0.2) is 4.98 Å². The second kappa shape index (κ2) is 3.74. The van der Waals surface area contributed by atoms with Gasteiger partial charge in [-0.05, 0) is 12.1 Å². The first-order chi connectivity index (χ1) is 8.25. The van der Waals surface area contributed by atoms with E-state index >= 15 is 0 Å². The molecule has 0 unspecified atom stereocenters. The predicted molar refractivity (Wildman–Crippen MR) is 57.4 cm³/mol. The lowest BCUT2D eigenvalue weighted by Gasteiger charge is -2.26. The molecule has 0 radical (unpaired) electrons. The standard InChI is InChI=1S/C11H11N3O3/c15-11(16)7-4-6-9(13-5-12-6)10(14-7)8-2-1-3-17-8/h1-3,5,7,10,14H,4H2,(H,12,13)(H,15,16)/t7-,10-/m0/s1. The average Bonchev–Trinajstić information content (AvgIpc) is 2.98. The summed E-state index contributed by atoms with van der Waals surface area (Å²) in [5.74, 6) is -0.203. The zero-order chi connectivity index (χ0) is 11.8. The number of fused-ring (bicyclic) bond motifs is 1. The number of carboxylic acids is 1. The Bertz CT molecular complexity index is 532. The molecule has 6 heteroatoms. The van der Waals surface area contributed by atoms with Crippen molar-refractivity contribution in [1.82, 2.24) is 15.3 Å². The summed E-state index contributed by atoms with van der Waals surface area (Å²) in [4.78, 5) is 18.3. The number of furan rings is 1. The molecule has 88 valence electrons. The molecule has 1 aliphatic heterocycles. The van der Waals surface area contributed by atoms with Crippen molar-refractivity contribution in [2.45, 2.75) is 18.5 Å². The highest BCUT2D eigenvalue weighted by Crippen LogP contribution is 2.28. The van der Waals surface area contributed by atoms with Crippen molar-refractivity contribution in [2.24, 2.45) is 0 Å². The van der Waals surface area contributed by atoms with Crippen molar-refractivity contribution in [2.75, 3.05) is 0 Å². The lowest BCUT2D eigenvalue weighted by Crippen LogP contribution is -2.45. The third-order valence-corrected chi connectivity index (χ3v) is 2.93. The highest BCUT2D eigenvalue weighted by atomic mass is 16.4. The van der Waals surface area contributed by atoms with Crippen LogP contribution in [0.25, 0.3) is 0 Å². The number of aromatic nitrogens is 2. The number of hydrogen-bond donors (Lipinski definition) is 3. The molecule has 3 N–H and O–H groups in total. The Labute approximate surface area is 96.7 Å². The number of nitrogens with one attached hydrogen (secondary N) is 2. The largest absolute Gasteiger partial charge is 0.480 e. The van der Waals surface area contributed by atoms with E-state index in [0.29, 0.717) is 12.2 Å². The summed E-state index contributed by atoms with van der Waals surface area (Å²) in [7, 11) is 0. The Hall–Kier alpha value is -2.08. The molecule has 6 nitrogen and oxygen atoms in total. The van der Waals surface area contributed by atoms with E-state index in [-0.39, 0.29) is 6.04 Å². The van der Waals surface area contributed by atoms with Gasteiger partial charge in [0.15, 0.2) is 0 Å². The Morgan fingerprint density at radius 2 is 2.47 bits per heavy atom. The molecule has 3 rings (SSSR count). The number of imidazole rings is 1. The van der Waals surface area contributed by atoms with Gasteiger partial charge in [0.05, 0.1) is 18.3 Å². The lowest BCUT2D eigenvalue weighted by molar-refractivity contribution is -0.139. The van der Waals surface area contributed by atoms with E-state index in [1.54, 1.807) is 24.7 Å². The number of hydrogen-bond acceptors (Lipinski definition) is 4. The topological polar surface area (TPSA) is 91.1 Å². The molecule has 0 aliphatic carbocycles. The molecule has 0 saturated heterocycles. The SMILES string of the molecule is O=C(O)[C@@H]1Cc2[nH]cnc2[C@H](c2ccco2)N1. The molecular weight excluding hydrogens is 222 g/mol. The average molecular weight is 233 g/mol. The summed E-state index contributed by atoms with van der Waals surface area (Å²) in [6, 6.07) is 2.65. The molecule has 1 aliphatic rings. The van der Waals surface area contributed by atoms with Crippen molar-refractivity contribution in [3.8, 4) is 0 Å². The molecule has 0 amide bonds. The molecule has 2 aromatic heterocycles. The predicted octanol–water partition coefficient (Wildman–Crippen LogP) is 0.691. The van der Waals surface area contributed by atoms with Gasteiger partial charge >= 0.3 is 5.97 Å². The maximum Gasteiger partial charge on any atom is 0.321 e. The summed E-state index contributed by atoms with van der Waals surface area (Å²) in [6.07, 6.45) is 3.54. The monoisotopic (exact) mass is 233 g/mol. The zero-order valence-electron chi connectivity index (χ0n) is 8.88. The second-order valence-electron chi connectivity index (χ2n) is 3.98. The first kappa shape index (κ1) is 10.1. The molecule has 0 bridgehead atoms. The Balaban J connectivity index is 2.01. The van der Waals surface area contributed by atoms with E-state index in [0.717, 1.165) is 11.4 Å². The summed E-state index contributed by atoms with van der Waals surface area (Å²) in [5.41, 5.74) is 1.65. The summed E-state index contributed by atoms with van der Waals surface area (Å²) < 4.78 is 5.32. The van der Waals surface area contributed by atoms with Crippen molar-refractivity contribution in [1.29, 1.82) is 0 Å². The first-order valence-electron chi connectivity index (χ1n) is 5.30. The van der Waals surface area contributed by atoms with Gasteiger partial charge in [0.1, 0.15) is 17.8 Å². The number of rotatable bonds is 2. The Kier molecular flexibility index (Phi) is 2.22. The molecule has 3 heterocycles. The highest BCUT2D eigenvalue weighted by molar-refractivity contribution is 5.74. The minimum absolute atomic E-state index is 0.305. The summed E-state index contributed by atoms with van der Waals surface area (Å²) >= 11 is 0. The van der Waals surface area contributed by atoms with E-state index in [2.05, 4.69) is 15.3 Å². The van der Waals surface area contributed by atoms with Crippen LogP contribution in [-0.4, -0.2) is 27.1 Å². The molecule has 0 aromatic carbocycles. The van der Waals surface area contributed by atoms with Gasteiger partial charge in [0.25, 0.3) is 0 Å². The van der Waals surface area contributed by atoms with Crippen LogP contribution in [0.1, 0.15) is 23.2 Å². The minimum Gasteiger partial charge on any atom is -0.480 e. The van der Waals surface area contributed by atoms with Crippen LogP contribution >= 0.6 is 0 Å². The second-order valence-corrected chi connectivity index (χ2v) is 3.98. The number of carbonyl (C=O) groups is 1. The van der Waals surface area contributed by atoms with Gasteiger partial charge in [-0.1, -0.05) is 0 Å². The van der Waals surface area contributed by atoms with Gasteiger partial charge in [-0.2, -0.15) is 0 Å². The van der Waals surface area contributed by atoms with E-state index in [1.165, 1.54) is 0 Å². The third kappa shape index (κ3) is 1.62. The van der Waals surface area contributed by atoms with E-state index in [1.807, 2.05) is 0 Å². The van der Waals surface area contributed by atoms with Gasteiger partial charge < -0.3 is 14.5 Å². The van der Waals surface area contributed by atoms with E-state index in [4.69, 9.17) is 9.52 Å². The van der Waals surface area contributed by atoms with Crippen LogP contribution in [0.2, 0.25) is 0 Å². The minimum atomic E-state index is -0.873. The van der Waals surface area contributed by atoms with Crippen LogP contribution in [0.3, 0.4) is 0 Å². The number of H-pyrrole nitrogens is 1. The van der Waals surface area contributed by atoms with Crippen molar-refractivity contribution in [3.05, 3.63) is 41.9 Å². The van der Waals surface area contributed by atoms with Crippen molar-refractivity contribution < 1.29 is 14.3 Å². The number of aliphatic carboxylic acids is 1. The van der Waals surface area contributed by atoms with Crippen LogP contribution < -0.4 is 5.32 Å². The van der Waals surface area contributed by atoms with Gasteiger partial charge in [-0.15, -0.1) is 0 Å². The van der Waals surface area contributed by atoms with Gasteiger partial charge in [-0.3, -0.25) is 10.1 Å². The maximum absolute atomic E-state index is 11.1. The van der Waals surface area contributed by atoms with Crippen molar-refractivity contribution in [3.63, 3.8) is 0 Å².